The van der Waals surface area contributed by atoms with Crippen molar-refractivity contribution in [1.82, 2.24) is 9.88 Å². The quantitative estimate of drug-likeness (QED) is 0.843. The van der Waals surface area contributed by atoms with Crippen LogP contribution in [0, 0.1) is 24.6 Å². The molecule has 1 aromatic carbocycles. The minimum Gasteiger partial charge on any atom is -0.353 e. The third-order valence-electron chi connectivity index (χ3n) is 5.61. The number of anilines is 1. The molecule has 3 heterocycles. The third-order valence-corrected chi connectivity index (χ3v) is 5.61. The number of amides is 1. The van der Waals surface area contributed by atoms with Gasteiger partial charge in [-0.2, -0.15) is 0 Å². The molecular formula is C20H22FN3O. The smallest absolute Gasteiger partial charge is 0.219 e. The second kappa shape index (κ2) is 6.14. The van der Waals surface area contributed by atoms with Crippen LogP contribution in [0.4, 0.5) is 10.2 Å². The van der Waals surface area contributed by atoms with Crippen molar-refractivity contribution in [2.45, 2.75) is 19.9 Å². The normalized spacial score (nSPS) is 25.3. The van der Waals surface area contributed by atoms with Crippen molar-refractivity contribution in [3.63, 3.8) is 0 Å². The van der Waals surface area contributed by atoms with Gasteiger partial charge in [0.1, 0.15) is 0 Å². The van der Waals surface area contributed by atoms with Crippen LogP contribution in [0.5, 0.6) is 0 Å². The molecule has 1 aromatic heterocycles. The van der Waals surface area contributed by atoms with E-state index in [1.54, 1.807) is 19.2 Å². The van der Waals surface area contributed by atoms with Gasteiger partial charge in [-0.3, -0.25) is 4.79 Å². The van der Waals surface area contributed by atoms with Crippen molar-refractivity contribution < 1.29 is 9.18 Å². The van der Waals surface area contributed by atoms with Crippen molar-refractivity contribution in [3.8, 4) is 0 Å². The molecule has 2 aliphatic rings. The Bertz CT molecular complexity index is 809. The van der Waals surface area contributed by atoms with Gasteiger partial charge in [0, 0.05) is 44.6 Å². The Morgan fingerprint density at radius 1 is 1.16 bits per heavy atom. The number of nitrogens with zero attached hydrogens (tertiary/aromatic N) is 3. The molecule has 3 atom stereocenters. The highest BCUT2D eigenvalue weighted by molar-refractivity contribution is 5.74. The second-order valence-electron chi connectivity index (χ2n) is 7.11. The first-order valence-electron chi connectivity index (χ1n) is 8.74. The van der Waals surface area contributed by atoms with Gasteiger partial charge in [-0.25, -0.2) is 9.37 Å². The summed E-state index contributed by atoms with van der Waals surface area (Å²) in [5.74, 6) is 0.896. The van der Waals surface area contributed by atoms with E-state index in [-0.39, 0.29) is 17.8 Å². The Labute approximate surface area is 147 Å². The van der Waals surface area contributed by atoms with Crippen LogP contribution in [-0.2, 0) is 4.79 Å². The lowest BCUT2D eigenvalue weighted by molar-refractivity contribution is -0.130. The van der Waals surface area contributed by atoms with Crippen molar-refractivity contribution in [2.75, 3.05) is 24.5 Å². The maximum Gasteiger partial charge on any atom is 0.219 e. The van der Waals surface area contributed by atoms with E-state index in [9.17, 15) is 9.18 Å². The molecule has 1 amide bonds. The van der Waals surface area contributed by atoms with Crippen molar-refractivity contribution in [3.05, 3.63) is 59.5 Å². The van der Waals surface area contributed by atoms with E-state index in [0.29, 0.717) is 17.7 Å². The standard InChI is InChI=1S/C20H22FN3O/c1-13-6-3-4-7-16(13)19-17-12-23(20-18(21)8-5-9-22-20)10-15(17)11-24(19)14(2)25/h3-9,15,17,19H,10-12H2,1-2H3/t15-,17-,19+/m1/s1. The molecule has 0 spiro atoms. The number of hydrogen-bond donors (Lipinski definition) is 0. The monoisotopic (exact) mass is 339 g/mol. The van der Waals surface area contributed by atoms with Crippen molar-refractivity contribution in [2.24, 2.45) is 11.8 Å². The fourth-order valence-electron chi connectivity index (χ4n) is 4.47. The average molecular weight is 339 g/mol. The van der Waals surface area contributed by atoms with Crippen LogP contribution in [0.15, 0.2) is 42.6 Å². The first-order chi connectivity index (χ1) is 12.1. The van der Waals surface area contributed by atoms with E-state index in [4.69, 9.17) is 0 Å². The molecule has 2 fully saturated rings. The second-order valence-corrected chi connectivity index (χ2v) is 7.11. The number of aromatic nitrogens is 1. The van der Waals surface area contributed by atoms with Gasteiger partial charge in [-0.15, -0.1) is 0 Å². The molecule has 0 aliphatic carbocycles. The molecule has 2 aliphatic heterocycles. The summed E-state index contributed by atoms with van der Waals surface area (Å²) in [6.07, 6.45) is 1.63. The minimum absolute atomic E-state index is 0.0560. The molecule has 2 aromatic rings. The number of benzene rings is 1. The topological polar surface area (TPSA) is 36.4 Å². The number of carbonyl (C=O) groups is 1. The Morgan fingerprint density at radius 2 is 1.96 bits per heavy atom. The molecular weight excluding hydrogens is 317 g/mol. The zero-order chi connectivity index (χ0) is 17.6. The van der Waals surface area contributed by atoms with Gasteiger partial charge in [-0.05, 0) is 30.2 Å². The van der Waals surface area contributed by atoms with Crippen LogP contribution < -0.4 is 4.90 Å². The van der Waals surface area contributed by atoms with Gasteiger partial charge < -0.3 is 9.80 Å². The number of rotatable bonds is 2. The summed E-state index contributed by atoms with van der Waals surface area (Å²) in [7, 11) is 0. The van der Waals surface area contributed by atoms with Crippen LogP contribution in [0.3, 0.4) is 0 Å². The molecule has 130 valence electrons. The van der Waals surface area contributed by atoms with E-state index in [1.807, 2.05) is 21.9 Å². The van der Waals surface area contributed by atoms with Crippen molar-refractivity contribution in [1.29, 1.82) is 0 Å². The SMILES string of the molecule is CC(=O)N1C[C@H]2CN(c3ncccc3F)C[C@H]2[C@@H]1c1ccccc1C. The first kappa shape index (κ1) is 16.1. The van der Waals surface area contributed by atoms with Gasteiger partial charge >= 0.3 is 0 Å². The number of likely N-dealkylation sites (tertiary alicyclic amines) is 1. The van der Waals surface area contributed by atoms with Crippen LogP contribution in [0.2, 0.25) is 0 Å². The molecule has 0 radical (unpaired) electrons. The summed E-state index contributed by atoms with van der Waals surface area (Å²) in [5, 5.41) is 0. The lowest BCUT2D eigenvalue weighted by Crippen LogP contribution is -2.35. The van der Waals surface area contributed by atoms with E-state index in [1.165, 1.54) is 17.2 Å². The summed E-state index contributed by atoms with van der Waals surface area (Å²) in [5.41, 5.74) is 2.40. The summed E-state index contributed by atoms with van der Waals surface area (Å²) >= 11 is 0. The zero-order valence-corrected chi connectivity index (χ0v) is 14.5. The molecule has 25 heavy (non-hydrogen) atoms. The molecule has 0 unspecified atom stereocenters. The average Bonchev–Trinajstić information content (AvgIpc) is 3.14. The minimum atomic E-state index is -0.279. The van der Waals surface area contributed by atoms with E-state index in [0.717, 1.165) is 19.6 Å². The number of halogens is 1. The van der Waals surface area contributed by atoms with Crippen molar-refractivity contribution >= 4 is 11.7 Å². The molecule has 0 N–H and O–H groups in total. The summed E-state index contributed by atoms with van der Waals surface area (Å²) < 4.78 is 14.1. The maximum atomic E-state index is 14.1. The lowest BCUT2D eigenvalue weighted by Gasteiger charge is -2.30. The molecule has 4 rings (SSSR count). The molecule has 0 bridgehead atoms. The fraction of sp³-hybridized carbons (Fsp3) is 0.400. The highest BCUT2D eigenvalue weighted by atomic mass is 19.1. The molecule has 2 saturated heterocycles. The van der Waals surface area contributed by atoms with Crippen LogP contribution in [-0.4, -0.2) is 35.4 Å². The Hall–Kier alpha value is -2.43. The Morgan fingerprint density at radius 3 is 2.68 bits per heavy atom. The maximum absolute atomic E-state index is 14.1. The Balaban J connectivity index is 1.67. The number of carbonyl (C=O) groups excluding carboxylic acids is 1. The van der Waals surface area contributed by atoms with E-state index < -0.39 is 0 Å². The zero-order valence-electron chi connectivity index (χ0n) is 14.5. The number of aryl methyl sites for hydroxylation is 1. The van der Waals surface area contributed by atoms with E-state index >= 15 is 0 Å². The number of fused-ring (bicyclic) bond motifs is 1. The molecule has 0 saturated carbocycles. The third kappa shape index (κ3) is 2.68. The highest BCUT2D eigenvalue weighted by Gasteiger charge is 2.49. The summed E-state index contributed by atoms with van der Waals surface area (Å²) in [6.45, 7) is 5.92. The number of hydrogen-bond acceptors (Lipinski definition) is 3. The van der Waals surface area contributed by atoms with Gasteiger partial charge in [0.25, 0.3) is 0 Å². The summed E-state index contributed by atoms with van der Waals surface area (Å²) in [6, 6.07) is 11.4. The van der Waals surface area contributed by atoms with E-state index in [2.05, 4.69) is 24.0 Å². The number of pyridine rings is 1. The van der Waals surface area contributed by atoms with Crippen LogP contribution >= 0.6 is 0 Å². The Kier molecular flexibility index (Phi) is 3.94. The lowest BCUT2D eigenvalue weighted by atomic mass is 9.87. The first-order valence-corrected chi connectivity index (χ1v) is 8.74. The van der Waals surface area contributed by atoms with Gasteiger partial charge in [-0.1, -0.05) is 24.3 Å². The predicted octanol–water partition coefficient (Wildman–Crippen LogP) is 3.18. The van der Waals surface area contributed by atoms with Gasteiger partial charge in [0.15, 0.2) is 11.6 Å². The molecule has 5 heteroatoms. The summed E-state index contributed by atoms with van der Waals surface area (Å²) in [4.78, 5) is 20.5. The molecule has 4 nitrogen and oxygen atoms in total. The fourth-order valence-corrected chi connectivity index (χ4v) is 4.47. The van der Waals surface area contributed by atoms with Crippen LogP contribution in [0.25, 0.3) is 0 Å². The largest absolute Gasteiger partial charge is 0.353 e. The van der Waals surface area contributed by atoms with Gasteiger partial charge in [0.05, 0.1) is 6.04 Å². The van der Waals surface area contributed by atoms with Gasteiger partial charge in [0.2, 0.25) is 5.91 Å². The highest BCUT2D eigenvalue weighted by Crippen LogP contribution is 2.46. The predicted molar refractivity (Wildman–Crippen MR) is 94.7 cm³/mol. The van der Waals surface area contributed by atoms with Crippen LogP contribution in [0.1, 0.15) is 24.1 Å².